The fraction of sp³-hybridized carbons (Fsp3) is 0.185. The van der Waals surface area contributed by atoms with Crippen molar-refractivity contribution in [2.75, 3.05) is 38.2 Å². The Kier molecular flexibility index (Phi) is 6.66. The summed E-state index contributed by atoms with van der Waals surface area (Å²) in [5.41, 5.74) is 3.88. The van der Waals surface area contributed by atoms with Gasteiger partial charge in [0.25, 0.3) is 5.91 Å². The number of amides is 1. The molecule has 0 N–H and O–H groups in total. The molecule has 3 aromatic carbocycles. The maximum Gasteiger partial charge on any atom is 0.272 e. The summed E-state index contributed by atoms with van der Waals surface area (Å²) in [6.45, 7) is 2.59. The lowest BCUT2D eigenvalue weighted by atomic mass is 10.1. The minimum Gasteiger partial charge on any atom is -0.497 e. The number of hydrogen-bond donors (Lipinski definition) is 0. The van der Waals surface area contributed by atoms with Gasteiger partial charge < -0.3 is 14.5 Å². The summed E-state index contributed by atoms with van der Waals surface area (Å²) in [4.78, 5) is 17.8. The van der Waals surface area contributed by atoms with Crippen molar-refractivity contribution in [3.63, 3.8) is 0 Å². The molecule has 6 nitrogen and oxygen atoms in total. The summed E-state index contributed by atoms with van der Waals surface area (Å²) in [5.74, 6) is 0.699. The molecule has 8 heteroatoms. The van der Waals surface area contributed by atoms with Gasteiger partial charge in [-0.2, -0.15) is 5.10 Å². The average Bonchev–Trinajstić information content (AvgIpc) is 3.35. The summed E-state index contributed by atoms with van der Waals surface area (Å²) in [6, 6.07) is 24.6. The van der Waals surface area contributed by atoms with Gasteiger partial charge in [0.1, 0.15) is 11.4 Å². The number of halogens is 2. The summed E-state index contributed by atoms with van der Waals surface area (Å²) in [7, 11) is 1.63. The van der Waals surface area contributed by atoms with Gasteiger partial charge in [-0.3, -0.25) is 4.79 Å². The van der Waals surface area contributed by atoms with Crippen LogP contribution in [-0.2, 0) is 0 Å². The topological polar surface area (TPSA) is 50.6 Å². The van der Waals surface area contributed by atoms with Crippen molar-refractivity contribution < 1.29 is 9.53 Å². The van der Waals surface area contributed by atoms with Gasteiger partial charge in [-0.15, -0.1) is 0 Å². The molecule has 0 radical (unpaired) electrons. The fourth-order valence-corrected chi connectivity index (χ4v) is 4.62. The lowest BCUT2D eigenvalue weighted by Crippen LogP contribution is -2.49. The molecule has 0 unspecified atom stereocenters. The predicted octanol–water partition coefficient (Wildman–Crippen LogP) is 5.82. The largest absolute Gasteiger partial charge is 0.497 e. The second-order valence-corrected chi connectivity index (χ2v) is 9.11. The smallest absolute Gasteiger partial charge is 0.272 e. The number of nitrogens with zero attached hydrogens (tertiary/aromatic N) is 4. The first-order valence-corrected chi connectivity index (χ1v) is 12.1. The SMILES string of the molecule is COc1ccc(-c2cc(C(=O)N3CCN(c4ccccc4Cl)CC3)n(-c3ccc(Cl)cc3)n2)cc1. The Morgan fingerprint density at radius 3 is 2.23 bits per heavy atom. The first-order valence-electron chi connectivity index (χ1n) is 11.3. The van der Waals surface area contributed by atoms with Gasteiger partial charge in [0, 0.05) is 36.8 Å². The molecule has 0 aliphatic carbocycles. The van der Waals surface area contributed by atoms with E-state index >= 15 is 0 Å². The Labute approximate surface area is 214 Å². The van der Waals surface area contributed by atoms with Crippen LogP contribution in [0.2, 0.25) is 10.0 Å². The number of piperazine rings is 1. The van der Waals surface area contributed by atoms with Crippen molar-refractivity contribution in [3.8, 4) is 22.7 Å². The van der Waals surface area contributed by atoms with Crippen LogP contribution in [-0.4, -0.2) is 53.9 Å². The molecule has 1 aliphatic heterocycles. The van der Waals surface area contributed by atoms with Gasteiger partial charge in [0.05, 0.1) is 29.2 Å². The summed E-state index contributed by atoms with van der Waals surface area (Å²) < 4.78 is 6.96. The minimum atomic E-state index is -0.0639. The van der Waals surface area contributed by atoms with Crippen molar-refractivity contribution in [2.24, 2.45) is 0 Å². The van der Waals surface area contributed by atoms with Crippen LogP contribution >= 0.6 is 23.2 Å². The molecule has 1 aliphatic rings. The Balaban J connectivity index is 1.43. The third-order valence-corrected chi connectivity index (χ3v) is 6.72. The third-order valence-electron chi connectivity index (χ3n) is 6.15. The highest BCUT2D eigenvalue weighted by Gasteiger charge is 2.27. The van der Waals surface area contributed by atoms with Gasteiger partial charge in [-0.05, 0) is 66.7 Å². The zero-order valence-corrected chi connectivity index (χ0v) is 20.7. The van der Waals surface area contributed by atoms with E-state index < -0.39 is 0 Å². The number of para-hydroxylation sites is 1. The number of aromatic nitrogens is 2. The molecule has 4 aromatic rings. The van der Waals surface area contributed by atoms with E-state index in [-0.39, 0.29) is 5.91 Å². The Bertz CT molecular complexity index is 1330. The Morgan fingerprint density at radius 1 is 0.886 bits per heavy atom. The zero-order chi connectivity index (χ0) is 24.4. The molecule has 1 saturated heterocycles. The van der Waals surface area contributed by atoms with Gasteiger partial charge >= 0.3 is 0 Å². The van der Waals surface area contributed by atoms with Crippen LogP contribution < -0.4 is 9.64 Å². The third kappa shape index (κ3) is 4.85. The molecule has 2 heterocycles. The highest BCUT2D eigenvalue weighted by molar-refractivity contribution is 6.33. The van der Waals surface area contributed by atoms with Crippen LogP contribution in [0.3, 0.4) is 0 Å². The fourth-order valence-electron chi connectivity index (χ4n) is 4.24. The number of rotatable bonds is 5. The van der Waals surface area contributed by atoms with E-state index in [1.807, 2.05) is 71.6 Å². The maximum absolute atomic E-state index is 13.7. The molecule has 1 aromatic heterocycles. The summed E-state index contributed by atoms with van der Waals surface area (Å²) >= 11 is 12.5. The molecular formula is C27H24Cl2N4O2. The minimum absolute atomic E-state index is 0.0639. The first-order chi connectivity index (χ1) is 17.0. The van der Waals surface area contributed by atoms with Gasteiger partial charge in [0.2, 0.25) is 0 Å². The van der Waals surface area contributed by atoms with Crippen molar-refractivity contribution in [2.45, 2.75) is 0 Å². The highest BCUT2D eigenvalue weighted by Crippen LogP contribution is 2.28. The average molecular weight is 507 g/mol. The van der Waals surface area contributed by atoms with Crippen LogP contribution in [0.25, 0.3) is 16.9 Å². The van der Waals surface area contributed by atoms with E-state index in [1.165, 1.54) is 0 Å². The van der Waals surface area contributed by atoms with Crippen molar-refractivity contribution in [3.05, 3.63) is 94.6 Å². The van der Waals surface area contributed by atoms with Crippen molar-refractivity contribution in [1.82, 2.24) is 14.7 Å². The molecule has 0 atom stereocenters. The van der Waals surface area contributed by atoms with Crippen LogP contribution in [0.4, 0.5) is 5.69 Å². The standard InChI is InChI=1S/C27H24Cl2N4O2/c1-35-22-12-6-19(7-13-22)24-18-26(33(30-24)21-10-8-20(28)9-11-21)27(34)32-16-14-31(15-17-32)25-5-3-2-4-23(25)29/h2-13,18H,14-17H2,1H3. The number of ether oxygens (including phenoxy) is 1. The molecule has 0 spiro atoms. The quantitative estimate of drug-likeness (QED) is 0.342. The van der Waals surface area contributed by atoms with Gasteiger partial charge in [0.15, 0.2) is 0 Å². The molecule has 178 valence electrons. The molecule has 35 heavy (non-hydrogen) atoms. The first kappa shape index (κ1) is 23.3. The predicted molar refractivity (Wildman–Crippen MR) is 140 cm³/mol. The van der Waals surface area contributed by atoms with E-state index in [1.54, 1.807) is 23.9 Å². The van der Waals surface area contributed by atoms with Gasteiger partial charge in [-0.1, -0.05) is 35.3 Å². The van der Waals surface area contributed by atoms with Crippen LogP contribution in [0, 0.1) is 0 Å². The van der Waals surface area contributed by atoms with Crippen molar-refractivity contribution in [1.29, 1.82) is 0 Å². The number of carbonyl (C=O) groups is 1. The summed E-state index contributed by atoms with van der Waals surface area (Å²) in [6.07, 6.45) is 0. The number of carbonyl (C=O) groups excluding carboxylic acids is 1. The Morgan fingerprint density at radius 2 is 1.57 bits per heavy atom. The number of benzene rings is 3. The van der Waals surface area contributed by atoms with E-state index in [0.717, 1.165) is 27.7 Å². The summed E-state index contributed by atoms with van der Waals surface area (Å²) in [5, 5.41) is 6.13. The molecule has 1 amide bonds. The molecule has 0 saturated carbocycles. The van der Waals surface area contributed by atoms with E-state index in [2.05, 4.69) is 4.90 Å². The second-order valence-electron chi connectivity index (χ2n) is 8.26. The van der Waals surface area contributed by atoms with Crippen LogP contribution in [0.5, 0.6) is 5.75 Å². The molecule has 5 rings (SSSR count). The molecule has 1 fully saturated rings. The van der Waals surface area contributed by atoms with Crippen LogP contribution in [0.15, 0.2) is 78.9 Å². The molecular weight excluding hydrogens is 483 g/mol. The molecule has 0 bridgehead atoms. The van der Waals surface area contributed by atoms with E-state index in [4.69, 9.17) is 33.0 Å². The van der Waals surface area contributed by atoms with Crippen molar-refractivity contribution >= 4 is 34.8 Å². The number of methoxy groups -OCH3 is 1. The number of hydrogen-bond acceptors (Lipinski definition) is 4. The Hall–Kier alpha value is -3.48. The zero-order valence-electron chi connectivity index (χ0n) is 19.2. The second kappa shape index (κ2) is 10.0. The van der Waals surface area contributed by atoms with E-state index in [9.17, 15) is 4.79 Å². The van der Waals surface area contributed by atoms with Crippen LogP contribution in [0.1, 0.15) is 10.5 Å². The van der Waals surface area contributed by atoms with E-state index in [0.29, 0.717) is 42.6 Å². The maximum atomic E-state index is 13.7. The monoisotopic (exact) mass is 506 g/mol. The van der Waals surface area contributed by atoms with Gasteiger partial charge in [-0.25, -0.2) is 4.68 Å². The highest BCUT2D eigenvalue weighted by atomic mass is 35.5. The number of anilines is 1. The lowest BCUT2D eigenvalue weighted by Gasteiger charge is -2.36. The lowest BCUT2D eigenvalue weighted by molar-refractivity contribution is 0.0737. The normalized spacial score (nSPS) is 13.7.